The van der Waals surface area contributed by atoms with Gasteiger partial charge in [-0.05, 0) is 31.0 Å². The molecule has 0 saturated heterocycles. The first kappa shape index (κ1) is 10.7. The number of fused-ring (bicyclic) bond motifs is 1. The van der Waals surface area contributed by atoms with E-state index in [2.05, 4.69) is 49.4 Å². The fraction of sp³-hybridized carbons (Fsp3) is 0.231. The van der Waals surface area contributed by atoms with Crippen LogP contribution in [0.2, 0.25) is 0 Å². The van der Waals surface area contributed by atoms with Crippen LogP contribution in [-0.2, 0) is 0 Å². The monoisotopic (exact) mass is 289 g/mol. The van der Waals surface area contributed by atoms with Gasteiger partial charge in [0.05, 0.1) is 5.52 Å². The highest BCUT2D eigenvalue weighted by atomic mass is 79.9. The van der Waals surface area contributed by atoms with E-state index < -0.39 is 0 Å². The topological polar surface area (TPSA) is 37.8 Å². The van der Waals surface area contributed by atoms with E-state index in [0.29, 0.717) is 6.04 Å². The summed E-state index contributed by atoms with van der Waals surface area (Å²) in [7, 11) is 0. The molecule has 0 fully saturated rings. The second kappa shape index (κ2) is 4.45. The van der Waals surface area contributed by atoms with E-state index in [0.717, 1.165) is 34.0 Å². The van der Waals surface area contributed by atoms with Crippen molar-refractivity contribution in [3.63, 3.8) is 0 Å². The molecule has 0 unspecified atom stereocenters. The van der Waals surface area contributed by atoms with Crippen LogP contribution in [0.1, 0.15) is 12.8 Å². The molecule has 2 aromatic rings. The molecular weight excluding hydrogens is 278 g/mol. The molecule has 1 aliphatic carbocycles. The zero-order valence-corrected chi connectivity index (χ0v) is 10.8. The number of nitrogens with zero attached hydrogens (tertiary/aromatic N) is 2. The van der Waals surface area contributed by atoms with E-state index in [1.807, 2.05) is 12.1 Å². The predicted octanol–water partition coefficient (Wildman–Crippen LogP) is 3.52. The van der Waals surface area contributed by atoms with Crippen molar-refractivity contribution in [2.24, 2.45) is 0 Å². The van der Waals surface area contributed by atoms with E-state index in [4.69, 9.17) is 0 Å². The Morgan fingerprint density at radius 1 is 1.18 bits per heavy atom. The van der Waals surface area contributed by atoms with Gasteiger partial charge in [0.25, 0.3) is 0 Å². The molecule has 0 spiro atoms. The van der Waals surface area contributed by atoms with E-state index >= 15 is 0 Å². The second-order valence-corrected chi connectivity index (χ2v) is 5.08. The van der Waals surface area contributed by atoms with E-state index in [9.17, 15) is 0 Å². The van der Waals surface area contributed by atoms with Crippen molar-refractivity contribution >= 4 is 32.7 Å². The van der Waals surface area contributed by atoms with Gasteiger partial charge in [-0.15, -0.1) is 0 Å². The van der Waals surface area contributed by atoms with Crippen molar-refractivity contribution in [1.82, 2.24) is 9.97 Å². The lowest BCUT2D eigenvalue weighted by atomic mass is 10.2. The van der Waals surface area contributed by atoms with Gasteiger partial charge in [-0.3, -0.25) is 0 Å². The molecule has 1 aromatic heterocycles. The Bertz CT molecular complexity index is 572. The summed E-state index contributed by atoms with van der Waals surface area (Å²) >= 11 is 3.48. The lowest BCUT2D eigenvalue weighted by molar-refractivity contribution is 0.782. The van der Waals surface area contributed by atoms with Crippen molar-refractivity contribution < 1.29 is 0 Å². The highest BCUT2D eigenvalue weighted by molar-refractivity contribution is 9.10. The summed E-state index contributed by atoms with van der Waals surface area (Å²) in [6, 6.07) is 6.52. The number of hydrogen-bond acceptors (Lipinski definition) is 3. The number of rotatable bonds is 2. The maximum Gasteiger partial charge on any atom is 0.137 e. The maximum atomic E-state index is 4.34. The first-order valence-electron chi connectivity index (χ1n) is 5.65. The van der Waals surface area contributed by atoms with Crippen LogP contribution in [0.15, 0.2) is 41.2 Å². The second-order valence-electron chi connectivity index (χ2n) is 4.17. The molecule has 4 heteroatoms. The van der Waals surface area contributed by atoms with Crippen LogP contribution < -0.4 is 5.32 Å². The molecule has 3 rings (SSSR count). The van der Waals surface area contributed by atoms with Crippen molar-refractivity contribution in [2.75, 3.05) is 5.32 Å². The summed E-state index contributed by atoms with van der Waals surface area (Å²) in [5.41, 5.74) is 0.969. The van der Waals surface area contributed by atoms with Crippen molar-refractivity contribution in [3.8, 4) is 0 Å². The largest absolute Gasteiger partial charge is 0.366 e. The summed E-state index contributed by atoms with van der Waals surface area (Å²) in [4.78, 5) is 8.61. The molecule has 1 heterocycles. The van der Waals surface area contributed by atoms with Gasteiger partial charge in [0.15, 0.2) is 0 Å². The van der Waals surface area contributed by atoms with E-state index in [1.54, 1.807) is 6.33 Å². The van der Waals surface area contributed by atoms with Crippen LogP contribution in [0.4, 0.5) is 5.82 Å². The summed E-state index contributed by atoms with van der Waals surface area (Å²) in [6.45, 7) is 0. The molecule has 86 valence electrons. The Hall–Kier alpha value is -1.42. The third-order valence-corrected chi connectivity index (χ3v) is 3.44. The fourth-order valence-electron chi connectivity index (χ4n) is 2.07. The normalized spacial score (nSPS) is 15.6. The van der Waals surface area contributed by atoms with E-state index in [1.165, 1.54) is 0 Å². The van der Waals surface area contributed by atoms with Crippen LogP contribution in [0, 0.1) is 0 Å². The Morgan fingerprint density at radius 2 is 2.00 bits per heavy atom. The molecule has 0 atom stereocenters. The molecule has 0 amide bonds. The van der Waals surface area contributed by atoms with E-state index in [-0.39, 0.29) is 0 Å². The molecule has 0 radical (unpaired) electrons. The first-order chi connectivity index (χ1) is 8.33. The highest BCUT2D eigenvalue weighted by Crippen LogP contribution is 2.25. The van der Waals surface area contributed by atoms with Gasteiger partial charge < -0.3 is 5.32 Å². The molecule has 1 aliphatic rings. The number of nitrogens with one attached hydrogen (secondary N) is 1. The molecule has 1 aromatic carbocycles. The fourth-order valence-corrected chi connectivity index (χ4v) is 2.43. The summed E-state index contributed by atoms with van der Waals surface area (Å²) in [5, 5.41) is 4.54. The van der Waals surface area contributed by atoms with Crippen LogP contribution in [-0.4, -0.2) is 16.0 Å². The lowest BCUT2D eigenvalue weighted by Crippen LogP contribution is -2.16. The minimum Gasteiger partial charge on any atom is -0.366 e. The Balaban J connectivity index is 2.00. The molecular formula is C13H12BrN3. The van der Waals surface area contributed by atoms with Crippen molar-refractivity contribution in [3.05, 3.63) is 41.2 Å². The number of benzene rings is 1. The van der Waals surface area contributed by atoms with Crippen LogP contribution in [0.3, 0.4) is 0 Å². The van der Waals surface area contributed by atoms with Crippen LogP contribution in [0.5, 0.6) is 0 Å². The van der Waals surface area contributed by atoms with Gasteiger partial charge in [0.2, 0.25) is 0 Å². The SMILES string of the molecule is Brc1ccc2ncnc(NC3CC=CC3)c2c1. The average molecular weight is 290 g/mol. The van der Waals surface area contributed by atoms with Crippen LogP contribution >= 0.6 is 15.9 Å². The third-order valence-electron chi connectivity index (χ3n) is 2.95. The van der Waals surface area contributed by atoms with Crippen LogP contribution in [0.25, 0.3) is 10.9 Å². The lowest BCUT2D eigenvalue weighted by Gasteiger charge is -2.14. The number of hydrogen-bond donors (Lipinski definition) is 1. The third kappa shape index (κ3) is 2.17. The molecule has 1 N–H and O–H groups in total. The number of anilines is 1. The van der Waals surface area contributed by atoms with Gasteiger partial charge in [0.1, 0.15) is 12.1 Å². The summed E-state index contributed by atoms with van der Waals surface area (Å²) in [5.74, 6) is 0.921. The minimum atomic E-state index is 0.465. The quantitative estimate of drug-likeness (QED) is 0.860. The molecule has 0 bridgehead atoms. The maximum absolute atomic E-state index is 4.34. The zero-order valence-electron chi connectivity index (χ0n) is 9.23. The minimum absolute atomic E-state index is 0.465. The predicted molar refractivity (Wildman–Crippen MR) is 73.0 cm³/mol. The zero-order chi connectivity index (χ0) is 11.7. The van der Waals surface area contributed by atoms with Gasteiger partial charge in [-0.1, -0.05) is 28.1 Å². The average Bonchev–Trinajstić information content (AvgIpc) is 2.83. The molecule has 3 nitrogen and oxygen atoms in total. The van der Waals surface area contributed by atoms with Gasteiger partial charge >= 0.3 is 0 Å². The molecule has 0 saturated carbocycles. The summed E-state index contributed by atoms with van der Waals surface area (Å²) in [6.07, 6.45) is 8.16. The first-order valence-corrected chi connectivity index (χ1v) is 6.44. The Labute approximate surface area is 108 Å². The Morgan fingerprint density at radius 3 is 2.82 bits per heavy atom. The molecule has 0 aliphatic heterocycles. The highest BCUT2D eigenvalue weighted by Gasteiger charge is 2.12. The van der Waals surface area contributed by atoms with Crippen molar-refractivity contribution in [2.45, 2.75) is 18.9 Å². The van der Waals surface area contributed by atoms with Gasteiger partial charge in [0, 0.05) is 15.9 Å². The number of halogens is 1. The standard InChI is InChI=1S/C13H12BrN3/c14-9-5-6-12-11(7-9)13(16-8-15-12)17-10-3-1-2-4-10/h1-2,5-8,10H,3-4H2,(H,15,16,17). The van der Waals surface area contributed by atoms with Gasteiger partial charge in [-0.25, -0.2) is 9.97 Å². The smallest absolute Gasteiger partial charge is 0.137 e. The molecule has 17 heavy (non-hydrogen) atoms. The van der Waals surface area contributed by atoms with Gasteiger partial charge in [-0.2, -0.15) is 0 Å². The van der Waals surface area contributed by atoms with Crippen molar-refractivity contribution in [1.29, 1.82) is 0 Å². The Kier molecular flexibility index (Phi) is 2.81. The number of aromatic nitrogens is 2. The summed E-state index contributed by atoms with van der Waals surface area (Å²) < 4.78 is 1.05.